The number of carbonyl (C=O) groups is 1. The Morgan fingerprint density at radius 3 is 2.76 bits per heavy atom. The zero-order valence-electron chi connectivity index (χ0n) is 10.4. The van der Waals surface area contributed by atoms with Crippen molar-refractivity contribution in [1.29, 1.82) is 0 Å². The van der Waals surface area contributed by atoms with Crippen molar-refractivity contribution in [3.05, 3.63) is 22.7 Å². The van der Waals surface area contributed by atoms with Crippen LogP contribution >= 0.6 is 11.6 Å². The fraction of sp³-hybridized carbons (Fsp3) is 0.545. The first-order chi connectivity index (χ1) is 7.78. The van der Waals surface area contributed by atoms with Crippen molar-refractivity contribution >= 4 is 17.7 Å². The van der Waals surface area contributed by atoms with E-state index in [0.717, 1.165) is 0 Å². The van der Waals surface area contributed by atoms with E-state index < -0.39 is 11.7 Å². The highest BCUT2D eigenvalue weighted by atomic mass is 35.5. The van der Waals surface area contributed by atoms with Gasteiger partial charge in [-0.3, -0.25) is 0 Å². The number of nitrogens with zero attached hydrogens (tertiary/aromatic N) is 2. The van der Waals surface area contributed by atoms with E-state index in [1.807, 2.05) is 0 Å². The SMILES string of the molecule is Cc1ncc(Cl)c(CNC(=O)OC(C)(C)C)n1. The zero-order chi connectivity index (χ0) is 13.1. The maximum atomic E-state index is 11.4. The van der Waals surface area contributed by atoms with E-state index in [4.69, 9.17) is 16.3 Å². The first-order valence-electron chi connectivity index (χ1n) is 5.23. The summed E-state index contributed by atoms with van der Waals surface area (Å²) in [5.74, 6) is 0.607. The average molecular weight is 258 g/mol. The van der Waals surface area contributed by atoms with E-state index in [2.05, 4.69) is 15.3 Å². The van der Waals surface area contributed by atoms with Crippen LogP contribution in [0.1, 0.15) is 32.3 Å². The van der Waals surface area contributed by atoms with Gasteiger partial charge in [0.05, 0.1) is 17.3 Å². The first kappa shape index (κ1) is 13.7. The third-order valence-corrected chi connectivity index (χ3v) is 2.05. The van der Waals surface area contributed by atoms with Crippen LogP contribution in [0, 0.1) is 6.92 Å². The van der Waals surface area contributed by atoms with Crippen LogP contribution in [-0.2, 0) is 11.3 Å². The van der Waals surface area contributed by atoms with Gasteiger partial charge in [-0.2, -0.15) is 0 Å². The maximum absolute atomic E-state index is 11.4. The highest BCUT2D eigenvalue weighted by Gasteiger charge is 2.16. The van der Waals surface area contributed by atoms with E-state index in [9.17, 15) is 4.79 Å². The van der Waals surface area contributed by atoms with E-state index in [-0.39, 0.29) is 6.54 Å². The highest BCUT2D eigenvalue weighted by Crippen LogP contribution is 2.12. The molecule has 0 saturated heterocycles. The molecule has 0 aliphatic rings. The summed E-state index contributed by atoms with van der Waals surface area (Å²) in [7, 11) is 0. The van der Waals surface area contributed by atoms with Crippen LogP contribution < -0.4 is 5.32 Å². The molecule has 0 aliphatic carbocycles. The molecular weight excluding hydrogens is 242 g/mol. The second-order valence-electron chi connectivity index (χ2n) is 4.57. The Kier molecular flexibility index (Phi) is 4.28. The van der Waals surface area contributed by atoms with Crippen molar-refractivity contribution in [2.75, 3.05) is 0 Å². The molecule has 0 fully saturated rings. The number of hydrogen-bond acceptors (Lipinski definition) is 4. The standard InChI is InChI=1S/C11H16ClN3O2/c1-7-13-5-8(12)9(15-7)6-14-10(16)17-11(2,3)4/h5H,6H2,1-4H3,(H,14,16). The Bertz CT molecular complexity index is 416. The molecule has 0 aliphatic heterocycles. The molecule has 0 spiro atoms. The number of halogens is 1. The molecular formula is C11H16ClN3O2. The van der Waals surface area contributed by atoms with Gasteiger partial charge in [0.1, 0.15) is 11.4 Å². The van der Waals surface area contributed by atoms with Crippen molar-refractivity contribution < 1.29 is 9.53 Å². The van der Waals surface area contributed by atoms with Gasteiger partial charge in [0, 0.05) is 6.20 Å². The van der Waals surface area contributed by atoms with Crippen LogP contribution in [-0.4, -0.2) is 21.7 Å². The summed E-state index contributed by atoms with van der Waals surface area (Å²) in [6, 6.07) is 0. The van der Waals surface area contributed by atoms with E-state index in [0.29, 0.717) is 16.5 Å². The van der Waals surface area contributed by atoms with Gasteiger partial charge in [-0.1, -0.05) is 11.6 Å². The summed E-state index contributed by atoms with van der Waals surface area (Å²) in [5.41, 5.74) is 0.0557. The molecule has 0 aromatic carbocycles. The third kappa shape index (κ3) is 4.99. The molecule has 1 aromatic heterocycles. The smallest absolute Gasteiger partial charge is 0.407 e. The summed E-state index contributed by atoms with van der Waals surface area (Å²) < 4.78 is 5.09. The van der Waals surface area contributed by atoms with E-state index >= 15 is 0 Å². The molecule has 94 valence electrons. The minimum Gasteiger partial charge on any atom is -0.444 e. The summed E-state index contributed by atoms with van der Waals surface area (Å²) in [6.45, 7) is 7.38. The lowest BCUT2D eigenvalue weighted by atomic mass is 10.2. The Hall–Kier alpha value is -1.36. The minimum absolute atomic E-state index is 0.219. The summed E-state index contributed by atoms with van der Waals surface area (Å²) >= 11 is 5.90. The molecule has 1 aromatic rings. The number of alkyl carbamates (subject to hydrolysis) is 1. The van der Waals surface area contributed by atoms with Crippen LogP contribution in [0.4, 0.5) is 4.79 Å². The van der Waals surface area contributed by atoms with Crippen LogP contribution in [0.15, 0.2) is 6.20 Å². The topological polar surface area (TPSA) is 64.1 Å². The Labute approximate surface area is 106 Å². The molecule has 0 radical (unpaired) electrons. The Balaban J connectivity index is 2.56. The molecule has 0 atom stereocenters. The first-order valence-corrected chi connectivity index (χ1v) is 5.60. The quantitative estimate of drug-likeness (QED) is 0.884. The number of nitrogens with one attached hydrogen (secondary N) is 1. The molecule has 0 saturated carbocycles. The molecule has 17 heavy (non-hydrogen) atoms. The zero-order valence-corrected chi connectivity index (χ0v) is 11.1. The molecule has 1 heterocycles. The van der Waals surface area contributed by atoms with Crippen molar-refractivity contribution in [3.8, 4) is 0 Å². The molecule has 0 bridgehead atoms. The predicted molar refractivity (Wildman–Crippen MR) is 64.9 cm³/mol. The van der Waals surface area contributed by atoms with Crippen LogP contribution in [0.2, 0.25) is 5.02 Å². The lowest BCUT2D eigenvalue weighted by molar-refractivity contribution is 0.0523. The summed E-state index contributed by atoms with van der Waals surface area (Å²) in [4.78, 5) is 19.5. The second kappa shape index (κ2) is 5.31. The number of ether oxygens (including phenoxy) is 1. The number of hydrogen-bond donors (Lipinski definition) is 1. The van der Waals surface area contributed by atoms with Gasteiger partial charge >= 0.3 is 6.09 Å². The Morgan fingerprint density at radius 2 is 2.18 bits per heavy atom. The monoisotopic (exact) mass is 257 g/mol. The van der Waals surface area contributed by atoms with Crippen LogP contribution in [0.5, 0.6) is 0 Å². The number of aryl methyl sites for hydroxylation is 1. The Morgan fingerprint density at radius 1 is 1.53 bits per heavy atom. The van der Waals surface area contributed by atoms with E-state index in [1.165, 1.54) is 6.20 Å². The van der Waals surface area contributed by atoms with Crippen LogP contribution in [0.25, 0.3) is 0 Å². The molecule has 1 amide bonds. The number of carbonyl (C=O) groups excluding carboxylic acids is 1. The van der Waals surface area contributed by atoms with Crippen molar-refractivity contribution in [3.63, 3.8) is 0 Å². The summed E-state index contributed by atoms with van der Waals surface area (Å²) in [5, 5.41) is 3.01. The number of amides is 1. The molecule has 0 unspecified atom stereocenters. The average Bonchev–Trinajstić information content (AvgIpc) is 2.17. The third-order valence-electron chi connectivity index (χ3n) is 1.74. The highest BCUT2D eigenvalue weighted by molar-refractivity contribution is 6.31. The lowest BCUT2D eigenvalue weighted by Gasteiger charge is -2.19. The van der Waals surface area contributed by atoms with Crippen molar-refractivity contribution in [2.24, 2.45) is 0 Å². The predicted octanol–water partition coefficient (Wildman–Crippen LogP) is 2.46. The fourth-order valence-electron chi connectivity index (χ4n) is 1.10. The number of rotatable bonds is 2. The molecule has 6 heteroatoms. The lowest BCUT2D eigenvalue weighted by Crippen LogP contribution is -2.32. The maximum Gasteiger partial charge on any atom is 0.407 e. The normalized spacial score (nSPS) is 11.1. The van der Waals surface area contributed by atoms with Gasteiger partial charge in [-0.15, -0.1) is 0 Å². The molecule has 1 N–H and O–H groups in total. The fourth-order valence-corrected chi connectivity index (χ4v) is 1.25. The van der Waals surface area contributed by atoms with Gasteiger partial charge in [-0.25, -0.2) is 14.8 Å². The van der Waals surface area contributed by atoms with Crippen molar-refractivity contribution in [1.82, 2.24) is 15.3 Å². The largest absolute Gasteiger partial charge is 0.444 e. The van der Waals surface area contributed by atoms with Crippen LogP contribution in [0.3, 0.4) is 0 Å². The van der Waals surface area contributed by atoms with Gasteiger partial charge in [0.25, 0.3) is 0 Å². The second-order valence-corrected chi connectivity index (χ2v) is 4.97. The van der Waals surface area contributed by atoms with E-state index in [1.54, 1.807) is 27.7 Å². The molecule has 1 rings (SSSR count). The van der Waals surface area contributed by atoms with Gasteiger partial charge < -0.3 is 10.1 Å². The van der Waals surface area contributed by atoms with Crippen molar-refractivity contribution in [2.45, 2.75) is 39.8 Å². The molecule has 5 nitrogen and oxygen atoms in total. The summed E-state index contributed by atoms with van der Waals surface area (Å²) in [6.07, 6.45) is 1.01. The van der Waals surface area contributed by atoms with Gasteiger partial charge in [0.15, 0.2) is 0 Å². The minimum atomic E-state index is -0.518. The number of aromatic nitrogens is 2. The van der Waals surface area contributed by atoms with Gasteiger partial charge in [-0.05, 0) is 27.7 Å². The van der Waals surface area contributed by atoms with Gasteiger partial charge in [0.2, 0.25) is 0 Å².